The highest BCUT2D eigenvalue weighted by molar-refractivity contribution is 6.31. The number of ether oxygens (including phenoxy) is 3. The van der Waals surface area contributed by atoms with Crippen LogP contribution in [-0.4, -0.2) is 44.3 Å². The highest BCUT2D eigenvalue weighted by Gasteiger charge is 2.42. The molecule has 1 unspecified atom stereocenters. The van der Waals surface area contributed by atoms with Gasteiger partial charge in [-0.25, -0.2) is 0 Å². The second-order valence-corrected chi connectivity index (χ2v) is 8.13. The van der Waals surface area contributed by atoms with E-state index in [2.05, 4.69) is 0 Å². The maximum absolute atomic E-state index is 13.6. The number of fused-ring (bicyclic) bond motifs is 2. The first-order valence-electron chi connectivity index (χ1n) is 11.0. The molecule has 0 N–H and O–H groups in total. The molecule has 1 aliphatic rings. The van der Waals surface area contributed by atoms with Gasteiger partial charge in [0.2, 0.25) is 5.76 Å². The number of methoxy groups -OCH3 is 1. The molecule has 1 amide bonds. The van der Waals surface area contributed by atoms with Gasteiger partial charge in [0.05, 0.1) is 36.8 Å². The minimum absolute atomic E-state index is 0.0418. The number of carbonyl (C=O) groups excluding carboxylic acids is 1. The highest BCUT2D eigenvalue weighted by atomic mass is 35.5. The topological polar surface area (TPSA) is 78.2 Å². The molecule has 1 atom stereocenters. The summed E-state index contributed by atoms with van der Waals surface area (Å²) in [5.74, 6) is 0.863. The van der Waals surface area contributed by atoms with E-state index in [0.717, 1.165) is 12.0 Å². The van der Waals surface area contributed by atoms with E-state index in [9.17, 15) is 9.59 Å². The van der Waals surface area contributed by atoms with Crippen LogP contribution in [0.25, 0.3) is 11.0 Å². The molecular weight excluding hydrogens is 446 g/mol. The van der Waals surface area contributed by atoms with Gasteiger partial charge < -0.3 is 23.5 Å². The van der Waals surface area contributed by atoms with E-state index in [-0.39, 0.29) is 22.7 Å². The van der Waals surface area contributed by atoms with Crippen molar-refractivity contribution in [3.05, 3.63) is 68.5 Å². The fraction of sp³-hybridized carbons (Fsp3) is 0.360. The predicted octanol–water partition coefficient (Wildman–Crippen LogP) is 4.83. The monoisotopic (exact) mass is 471 g/mol. The molecule has 0 fully saturated rings. The van der Waals surface area contributed by atoms with Gasteiger partial charge in [-0.05, 0) is 49.2 Å². The zero-order chi connectivity index (χ0) is 23.5. The van der Waals surface area contributed by atoms with Crippen molar-refractivity contribution in [2.24, 2.45) is 0 Å². The second-order valence-electron chi connectivity index (χ2n) is 7.70. The smallest absolute Gasteiger partial charge is 0.290 e. The maximum atomic E-state index is 13.6. The molecule has 3 aromatic rings. The Morgan fingerprint density at radius 1 is 1.03 bits per heavy atom. The van der Waals surface area contributed by atoms with Crippen LogP contribution in [0.4, 0.5) is 0 Å². The van der Waals surface area contributed by atoms with Crippen LogP contribution >= 0.6 is 11.6 Å². The summed E-state index contributed by atoms with van der Waals surface area (Å²) in [6, 6.07) is 9.63. The van der Waals surface area contributed by atoms with Crippen LogP contribution in [0.5, 0.6) is 11.5 Å². The second kappa shape index (κ2) is 9.85. The van der Waals surface area contributed by atoms with Gasteiger partial charge in [0.15, 0.2) is 16.9 Å². The molecule has 0 bridgehead atoms. The molecule has 0 saturated heterocycles. The largest absolute Gasteiger partial charge is 0.490 e. The third-order valence-electron chi connectivity index (χ3n) is 5.51. The molecule has 174 valence electrons. The van der Waals surface area contributed by atoms with Crippen molar-refractivity contribution >= 4 is 28.5 Å². The van der Waals surface area contributed by atoms with Crippen LogP contribution in [0.3, 0.4) is 0 Å². The quantitative estimate of drug-likeness (QED) is 0.445. The molecule has 0 saturated carbocycles. The maximum Gasteiger partial charge on any atom is 0.290 e. The Morgan fingerprint density at radius 2 is 1.85 bits per heavy atom. The summed E-state index contributed by atoms with van der Waals surface area (Å²) >= 11 is 6.13. The summed E-state index contributed by atoms with van der Waals surface area (Å²) in [6.07, 6.45) is 0.860. The minimum Gasteiger partial charge on any atom is -0.490 e. The fourth-order valence-electron chi connectivity index (χ4n) is 4.05. The van der Waals surface area contributed by atoms with Crippen LogP contribution in [0.15, 0.2) is 45.6 Å². The van der Waals surface area contributed by atoms with Crippen molar-refractivity contribution in [3.8, 4) is 11.5 Å². The van der Waals surface area contributed by atoms with E-state index >= 15 is 0 Å². The molecular formula is C25H26ClNO6. The van der Waals surface area contributed by atoms with Crippen LogP contribution in [0.1, 0.15) is 48.0 Å². The van der Waals surface area contributed by atoms with Gasteiger partial charge in [0.1, 0.15) is 5.58 Å². The van der Waals surface area contributed by atoms with Crippen molar-refractivity contribution < 1.29 is 23.4 Å². The van der Waals surface area contributed by atoms with E-state index in [0.29, 0.717) is 53.9 Å². The lowest BCUT2D eigenvalue weighted by molar-refractivity contribution is 0.0663. The van der Waals surface area contributed by atoms with Crippen LogP contribution < -0.4 is 14.9 Å². The lowest BCUT2D eigenvalue weighted by Crippen LogP contribution is -2.32. The fourth-order valence-corrected chi connectivity index (χ4v) is 4.23. The van der Waals surface area contributed by atoms with Crippen molar-refractivity contribution in [1.29, 1.82) is 0 Å². The first-order valence-corrected chi connectivity index (χ1v) is 11.3. The van der Waals surface area contributed by atoms with Crippen molar-refractivity contribution in [1.82, 2.24) is 4.90 Å². The van der Waals surface area contributed by atoms with E-state index in [1.807, 2.05) is 32.0 Å². The third kappa shape index (κ3) is 4.30. The Kier molecular flexibility index (Phi) is 6.91. The first-order chi connectivity index (χ1) is 16.0. The normalized spacial score (nSPS) is 15.2. The number of amides is 1. The van der Waals surface area contributed by atoms with Crippen molar-refractivity contribution in [3.63, 3.8) is 0 Å². The highest BCUT2D eigenvalue weighted by Crippen LogP contribution is 2.41. The molecule has 4 rings (SSSR count). The summed E-state index contributed by atoms with van der Waals surface area (Å²) in [5, 5.41) is 0.753. The molecule has 0 radical (unpaired) electrons. The number of halogens is 1. The minimum atomic E-state index is -0.651. The van der Waals surface area contributed by atoms with E-state index in [1.165, 1.54) is 0 Å². The zero-order valence-electron chi connectivity index (χ0n) is 18.9. The molecule has 2 heterocycles. The summed E-state index contributed by atoms with van der Waals surface area (Å²) in [5.41, 5.74) is 1.05. The van der Waals surface area contributed by atoms with Gasteiger partial charge in [-0.1, -0.05) is 24.6 Å². The van der Waals surface area contributed by atoms with Gasteiger partial charge in [-0.15, -0.1) is 0 Å². The van der Waals surface area contributed by atoms with Gasteiger partial charge in [-0.2, -0.15) is 0 Å². The molecule has 7 nitrogen and oxygen atoms in total. The Morgan fingerprint density at radius 3 is 2.58 bits per heavy atom. The molecule has 33 heavy (non-hydrogen) atoms. The zero-order valence-corrected chi connectivity index (χ0v) is 19.6. The van der Waals surface area contributed by atoms with Crippen LogP contribution in [0, 0.1) is 0 Å². The Bertz CT molecular complexity index is 1240. The molecule has 0 spiro atoms. The first kappa shape index (κ1) is 23.1. The Labute approximate surface area is 196 Å². The summed E-state index contributed by atoms with van der Waals surface area (Å²) in [7, 11) is 1.56. The van der Waals surface area contributed by atoms with Gasteiger partial charge in [0.25, 0.3) is 5.91 Å². The average Bonchev–Trinajstić information content (AvgIpc) is 3.09. The third-order valence-corrected chi connectivity index (χ3v) is 5.74. The van der Waals surface area contributed by atoms with Gasteiger partial charge in [0, 0.05) is 18.7 Å². The number of hydrogen-bond donors (Lipinski definition) is 0. The Balaban J connectivity index is 1.90. The lowest BCUT2D eigenvalue weighted by Gasteiger charge is -2.25. The van der Waals surface area contributed by atoms with Crippen LogP contribution in [-0.2, 0) is 4.74 Å². The predicted molar refractivity (Wildman–Crippen MR) is 126 cm³/mol. The number of carbonyl (C=O) groups is 1. The number of benzene rings is 2. The molecule has 0 aliphatic carbocycles. The number of hydrogen-bond acceptors (Lipinski definition) is 6. The van der Waals surface area contributed by atoms with Crippen molar-refractivity contribution in [2.75, 3.05) is 33.5 Å². The van der Waals surface area contributed by atoms with Gasteiger partial charge in [-0.3, -0.25) is 9.59 Å². The number of rotatable bonds is 9. The standard InChI is InChI=1S/C25H26ClNO6/c1-4-11-32-19-8-6-15(13-20(19)31-5-2)22-21-23(28)17-14-16(26)7-9-18(17)33-24(21)25(29)27(22)10-12-30-3/h6-9,13-14,22H,4-5,10-12H2,1-3H3. The van der Waals surface area contributed by atoms with E-state index in [1.54, 1.807) is 30.2 Å². The van der Waals surface area contributed by atoms with E-state index in [4.69, 9.17) is 30.2 Å². The Hall–Kier alpha value is -3.03. The van der Waals surface area contributed by atoms with E-state index < -0.39 is 6.04 Å². The molecule has 1 aromatic heterocycles. The summed E-state index contributed by atoms with van der Waals surface area (Å²) in [4.78, 5) is 28.5. The summed E-state index contributed by atoms with van der Waals surface area (Å²) < 4.78 is 22.8. The lowest BCUT2D eigenvalue weighted by atomic mass is 9.98. The molecule has 1 aliphatic heterocycles. The van der Waals surface area contributed by atoms with Crippen LogP contribution in [0.2, 0.25) is 5.02 Å². The van der Waals surface area contributed by atoms with Gasteiger partial charge >= 0.3 is 0 Å². The molecule has 2 aromatic carbocycles. The summed E-state index contributed by atoms with van der Waals surface area (Å²) in [6.45, 7) is 5.52. The molecule has 8 heteroatoms. The number of nitrogens with zero attached hydrogens (tertiary/aromatic N) is 1. The average molecular weight is 472 g/mol. The SMILES string of the molecule is CCCOc1ccc(C2c3c(oc4ccc(Cl)cc4c3=O)C(=O)N2CCOC)cc1OCC. The van der Waals surface area contributed by atoms with Crippen molar-refractivity contribution in [2.45, 2.75) is 26.3 Å².